The zero-order chi connectivity index (χ0) is 21.8. The van der Waals surface area contributed by atoms with Crippen LogP contribution in [0.5, 0.6) is 11.5 Å². The molecular weight excluding hydrogens is 421 g/mol. The third-order valence-electron chi connectivity index (χ3n) is 4.63. The molecule has 0 bridgehead atoms. The van der Waals surface area contributed by atoms with Crippen LogP contribution in [0, 0.1) is 5.82 Å². The fourth-order valence-corrected chi connectivity index (χ4v) is 4.20. The summed E-state index contributed by atoms with van der Waals surface area (Å²) in [7, 11) is 1.62. The highest BCUT2D eigenvalue weighted by Crippen LogP contribution is 2.33. The van der Waals surface area contributed by atoms with Crippen molar-refractivity contribution in [3.63, 3.8) is 0 Å². The van der Waals surface area contributed by atoms with Gasteiger partial charge in [-0.2, -0.15) is 0 Å². The van der Waals surface area contributed by atoms with E-state index in [1.165, 1.54) is 24.3 Å². The molecule has 0 fully saturated rings. The van der Waals surface area contributed by atoms with Crippen molar-refractivity contribution >= 4 is 28.6 Å². The molecule has 1 N–H and O–H groups in total. The van der Waals surface area contributed by atoms with Gasteiger partial charge in [-0.1, -0.05) is 0 Å². The van der Waals surface area contributed by atoms with Crippen molar-refractivity contribution in [3.8, 4) is 22.8 Å². The molecule has 31 heavy (non-hydrogen) atoms. The van der Waals surface area contributed by atoms with Gasteiger partial charge in [-0.15, -0.1) is 11.3 Å². The molecule has 9 heteroatoms. The van der Waals surface area contributed by atoms with Crippen LogP contribution in [-0.2, 0) is 16.1 Å². The number of benzene rings is 2. The van der Waals surface area contributed by atoms with Crippen molar-refractivity contribution in [2.45, 2.75) is 13.5 Å². The van der Waals surface area contributed by atoms with Crippen LogP contribution in [0.1, 0.15) is 6.92 Å². The summed E-state index contributed by atoms with van der Waals surface area (Å²) in [5.74, 6) is 0.678. The van der Waals surface area contributed by atoms with Gasteiger partial charge in [0.25, 0.3) is 0 Å². The van der Waals surface area contributed by atoms with Crippen LogP contribution in [0.3, 0.4) is 0 Å². The van der Waals surface area contributed by atoms with Crippen LogP contribution in [0.25, 0.3) is 11.3 Å². The first-order valence-corrected chi connectivity index (χ1v) is 10.6. The number of rotatable bonds is 6. The Morgan fingerprint density at radius 2 is 2.03 bits per heavy atom. The van der Waals surface area contributed by atoms with E-state index in [-0.39, 0.29) is 5.91 Å². The summed E-state index contributed by atoms with van der Waals surface area (Å²) in [4.78, 5) is 16.7. The fraction of sp³-hybridized carbons (Fsp3) is 0.273. The lowest BCUT2D eigenvalue weighted by Crippen LogP contribution is -2.19. The maximum atomic E-state index is 14.9. The van der Waals surface area contributed by atoms with Crippen LogP contribution in [-0.4, -0.2) is 37.4 Å². The van der Waals surface area contributed by atoms with Gasteiger partial charge in [-0.25, -0.2) is 9.38 Å². The summed E-state index contributed by atoms with van der Waals surface area (Å²) in [5, 5.41) is 4.46. The van der Waals surface area contributed by atoms with E-state index in [9.17, 15) is 9.18 Å². The number of thiazole rings is 1. The van der Waals surface area contributed by atoms with Gasteiger partial charge >= 0.3 is 0 Å². The largest absolute Gasteiger partial charge is 0.486 e. The Balaban J connectivity index is 1.74. The second-order valence-electron chi connectivity index (χ2n) is 6.86. The number of nitrogens with one attached hydrogen (secondary N) is 1. The predicted octanol–water partition coefficient (Wildman–Crippen LogP) is 3.96. The number of halogens is 1. The molecule has 0 saturated heterocycles. The number of methoxy groups -OCH3 is 1. The topological polar surface area (TPSA) is 74.1 Å². The van der Waals surface area contributed by atoms with Crippen molar-refractivity contribution in [3.05, 3.63) is 52.4 Å². The van der Waals surface area contributed by atoms with Crippen LogP contribution in [0.15, 0.2) is 46.8 Å². The summed E-state index contributed by atoms with van der Waals surface area (Å²) in [6, 6.07) is 10.2. The van der Waals surface area contributed by atoms with Crippen molar-refractivity contribution in [1.29, 1.82) is 0 Å². The van der Waals surface area contributed by atoms with Crippen LogP contribution in [0.2, 0.25) is 0 Å². The number of amides is 1. The van der Waals surface area contributed by atoms with Gasteiger partial charge in [-0.3, -0.25) is 4.79 Å². The third kappa shape index (κ3) is 4.78. The molecule has 0 unspecified atom stereocenters. The van der Waals surface area contributed by atoms with Crippen molar-refractivity contribution in [2.75, 3.05) is 32.2 Å². The number of carbonyl (C=O) groups is 1. The molecule has 0 atom stereocenters. The summed E-state index contributed by atoms with van der Waals surface area (Å²) in [6.07, 6.45) is 0. The summed E-state index contributed by atoms with van der Waals surface area (Å²) in [5.41, 5.74) is 2.23. The van der Waals surface area contributed by atoms with E-state index < -0.39 is 5.82 Å². The number of aromatic nitrogens is 1. The second-order valence-corrected chi connectivity index (χ2v) is 7.70. The highest BCUT2D eigenvalue weighted by atomic mass is 32.1. The van der Waals surface area contributed by atoms with E-state index in [0.717, 1.165) is 0 Å². The normalized spacial score (nSPS) is 13.3. The Labute approximate surface area is 182 Å². The first-order valence-electron chi connectivity index (χ1n) is 9.74. The first-order chi connectivity index (χ1) is 15.0. The monoisotopic (exact) mass is 443 g/mol. The molecule has 1 aromatic heterocycles. The van der Waals surface area contributed by atoms with E-state index in [4.69, 9.17) is 19.2 Å². The summed E-state index contributed by atoms with van der Waals surface area (Å²) in [6.45, 7) is 3.37. The average molecular weight is 444 g/mol. The molecule has 0 saturated carbocycles. The van der Waals surface area contributed by atoms with Crippen molar-refractivity contribution in [1.82, 2.24) is 4.57 Å². The third-order valence-corrected chi connectivity index (χ3v) is 5.50. The smallest absolute Gasteiger partial charge is 0.221 e. The Morgan fingerprint density at radius 3 is 2.77 bits per heavy atom. The molecule has 0 aliphatic carbocycles. The molecule has 2 aromatic carbocycles. The van der Waals surface area contributed by atoms with Gasteiger partial charge in [0.05, 0.1) is 18.0 Å². The van der Waals surface area contributed by atoms with Crippen LogP contribution < -0.4 is 19.6 Å². The second kappa shape index (κ2) is 9.32. The molecule has 162 valence electrons. The number of carbonyl (C=O) groups excluding carboxylic acids is 1. The maximum absolute atomic E-state index is 14.9. The van der Waals surface area contributed by atoms with E-state index in [1.807, 2.05) is 28.1 Å². The van der Waals surface area contributed by atoms with Gasteiger partial charge in [0.1, 0.15) is 19.0 Å². The lowest BCUT2D eigenvalue weighted by Gasteiger charge is -2.18. The van der Waals surface area contributed by atoms with Crippen molar-refractivity contribution < 1.29 is 23.4 Å². The number of hydrogen-bond donors (Lipinski definition) is 1. The van der Waals surface area contributed by atoms with E-state index >= 15 is 0 Å². The Morgan fingerprint density at radius 1 is 1.23 bits per heavy atom. The Bertz CT molecular complexity index is 1170. The molecule has 0 radical (unpaired) electrons. The summed E-state index contributed by atoms with van der Waals surface area (Å²) < 4.78 is 33.2. The Hall–Kier alpha value is -3.17. The lowest BCUT2D eigenvalue weighted by atomic mass is 10.1. The van der Waals surface area contributed by atoms with Gasteiger partial charge in [-0.05, 0) is 30.3 Å². The number of hydrogen-bond acceptors (Lipinski definition) is 6. The standard InChI is InChI=1S/C22H22FN3O4S/c1-14(27)24-15-3-5-17(18(23)11-15)19-13-31-22(26(19)7-8-28-2)25-16-4-6-20-21(12-16)30-10-9-29-20/h3-6,11-13H,7-10H2,1-2H3,(H,24,27). The SMILES string of the molecule is COCCn1c(-c2ccc(NC(C)=O)cc2F)csc1=Nc1ccc2c(c1)OCCO2. The van der Waals surface area contributed by atoms with Gasteiger partial charge < -0.3 is 24.1 Å². The molecule has 1 amide bonds. The van der Waals surface area contributed by atoms with E-state index in [1.54, 1.807) is 19.2 Å². The molecule has 7 nitrogen and oxygen atoms in total. The zero-order valence-corrected chi connectivity index (χ0v) is 18.0. The minimum atomic E-state index is -0.430. The Kier molecular flexibility index (Phi) is 6.34. The van der Waals surface area contributed by atoms with Crippen LogP contribution in [0.4, 0.5) is 15.8 Å². The quantitative estimate of drug-likeness (QED) is 0.626. The van der Waals surface area contributed by atoms with Crippen LogP contribution >= 0.6 is 11.3 Å². The number of ether oxygens (including phenoxy) is 3. The van der Waals surface area contributed by atoms with E-state index in [0.29, 0.717) is 65.3 Å². The van der Waals surface area contributed by atoms with E-state index in [2.05, 4.69) is 5.32 Å². The number of nitrogens with zero attached hydrogens (tertiary/aromatic N) is 2. The maximum Gasteiger partial charge on any atom is 0.221 e. The highest BCUT2D eigenvalue weighted by molar-refractivity contribution is 7.07. The average Bonchev–Trinajstić information content (AvgIpc) is 3.13. The minimum absolute atomic E-state index is 0.252. The van der Waals surface area contributed by atoms with Gasteiger partial charge in [0, 0.05) is 43.3 Å². The number of fused-ring (bicyclic) bond motifs is 1. The number of anilines is 1. The lowest BCUT2D eigenvalue weighted by molar-refractivity contribution is -0.114. The molecule has 2 heterocycles. The molecule has 0 spiro atoms. The van der Waals surface area contributed by atoms with Gasteiger partial charge in [0.2, 0.25) is 5.91 Å². The summed E-state index contributed by atoms with van der Waals surface area (Å²) >= 11 is 1.41. The molecular formula is C22H22FN3O4S. The zero-order valence-electron chi connectivity index (χ0n) is 17.2. The molecule has 3 aromatic rings. The highest BCUT2D eigenvalue weighted by Gasteiger charge is 2.15. The minimum Gasteiger partial charge on any atom is -0.486 e. The first kappa shape index (κ1) is 21.1. The molecule has 4 rings (SSSR count). The molecule has 1 aliphatic heterocycles. The predicted molar refractivity (Wildman–Crippen MR) is 117 cm³/mol. The fourth-order valence-electron chi connectivity index (χ4n) is 3.25. The van der Waals surface area contributed by atoms with Gasteiger partial charge in [0.15, 0.2) is 16.3 Å². The van der Waals surface area contributed by atoms with Crippen molar-refractivity contribution in [2.24, 2.45) is 4.99 Å². The molecule has 1 aliphatic rings.